The number of hydrogen-bond donors (Lipinski definition) is 3. The van der Waals surface area contributed by atoms with Gasteiger partial charge in [-0.2, -0.15) is 5.10 Å². The monoisotopic (exact) mass is 441 g/mol. The van der Waals surface area contributed by atoms with Crippen molar-refractivity contribution in [3.63, 3.8) is 0 Å². The van der Waals surface area contributed by atoms with E-state index >= 15 is 0 Å². The number of nitrogens with zero attached hydrogens (tertiary/aromatic N) is 2. The molecule has 6 nitrogen and oxygen atoms in total. The van der Waals surface area contributed by atoms with E-state index in [1.54, 1.807) is 6.07 Å². The Morgan fingerprint density at radius 1 is 1.29 bits per heavy atom. The lowest BCUT2D eigenvalue weighted by Crippen LogP contribution is -2.13. The highest BCUT2D eigenvalue weighted by molar-refractivity contribution is 7.71. The van der Waals surface area contributed by atoms with E-state index in [0.29, 0.717) is 16.2 Å². The molecule has 1 atom stereocenters. The van der Waals surface area contributed by atoms with E-state index in [4.69, 9.17) is 17.0 Å². The fourth-order valence-electron chi connectivity index (χ4n) is 3.70. The van der Waals surface area contributed by atoms with Crippen molar-refractivity contribution in [3.8, 4) is 22.9 Å². The molecule has 1 aliphatic carbocycles. The zero-order valence-electron chi connectivity index (χ0n) is 18.4. The average Bonchev–Trinajstić information content (AvgIpc) is 3.12. The van der Waals surface area contributed by atoms with Gasteiger partial charge in [0, 0.05) is 18.4 Å². The van der Waals surface area contributed by atoms with Crippen molar-refractivity contribution in [3.05, 3.63) is 52.8 Å². The predicted octanol–water partition coefficient (Wildman–Crippen LogP) is 6.07. The number of aromatic hydroxyl groups is 2. The van der Waals surface area contributed by atoms with Crippen LogP contribution in [0.15, 0.2) is 42.5 Å². The van der Waals surface area contributed by atoms with Crippen LogP contribution in [0, 0.1) is 4.77 Å². The molecule has 2 aromatic rings. The maximum atomic E-state index is 10.6. The Bertz CT molecular complexity index is 1060. The Labute approximate surface area is 188 Å². The first-order valence-electron chi connectivity index (χ1n) is 10.7. The van der Waals surface area contributed by atoms with Gasteiger partial charge in [-0.15, -0.1) is 0 Å². The second-order valence-corrected chi connectivity index (χ2v) is 8.55. The minimum atomic E-state index is -0.0535. The first kappa shape index (κ1) is 23.0. The highest BCUT2D eigenvalue weighted by Gasteiger charge is 2.19. The summed E-state index contributed by atoms with van der Waals surface area (Å²) in [4.78, 5) is 0. The van der Waals surface area contributed by atoms with Gasteiger partial charge in [-0.1, -0.05) is 45.1 Å². The molecule has 3 rings (SSSR count). The zero-order chi connectivity index (χ0) is 22.5. The summed E-state index contributed by atoms with van der Waals surface area (Å²) in [6.45, 7) is 11.0. The molecule has 0 saturated heterocycles. The molecule has 0 spiro atoms. The van der Waals surface area contributed by atoms with Crippen molar-refractivity contribution < 1.29 is 14.9 Å². The Kier molecular flexibility index (Phi) is 7.51. The second kappa shape index (κ2) is 10.1. The van der Waals surface area contributed by atoms with Gasteiger partial charge in [0.1, 0.15) is 11.5 Å². The van der Waals surface area contributed by atoms with Crippen molar-refractivity contribution in [1.29, 1.82) is 0 Å². The predicted molar refractivity (Wildman–Crippen MR) is 127 cm³/mol. The van der Waals surface area contributed by atoms with Gasteiger partial charge in [-0.05, 0) is 61.5 Å². The molecule has 0 bridgehead atoms. The molecule has 1 aromatic heterocycles. The maximum absolute atomic E-state index is 10.6. The number of H-pyrrole nitrogens is 1. The van der Waals surface area contributed by atoms with E-state index in [1.165, 1.54) is 6.07 Å². The third kappa shape index (κ3) is 5.35. The molecular formula is C24H31N3O3S. The molecule has 0 fully saturated rings. The Balaban J connectivity index is 2.04. The fraction of sp³-hybridized carbons (Fsp3) is 0.417. The van der Waals surface area contributed by atoms with Crippen LogP contribution in [0.2, 0.25) is 0 Å². The number of nitrogens with one attached hydrogen (secondary N) is 1. The molecule has 7 heteroatoms. The second-order valence-electron chi connectivity index (χ2n) is 8.17. The number of rotatable bonds is 6. The molecule has 3 N–H and O–H groups in total. The molecule has 0 saturated carbocycles. The summed E-state index contributed by atoms with van der Waals surface area (Å²) in [6, 6.07) is 3.13. The standard InChI is InChI=1S/C24H31N3O3S/c1-5-11-30-18-8-6-7-17(10-9-16(4)12-18)27-23(25-26-24(27)31)20-13-19(15(2)3)21(28)14-22(20)29/h7,9-10,13-15,18,28-29H,4-6,8,11-12H2,1-3H3,(H,26,31)/b10-9-,17-7+. The largest absolute Gasteiger partial charge is 0.508 e. The summed E-state index contributed by atoms with van der Waals surface area (Å²) in [5, 5.41) is 28.0. The molecule has 0 radical (unpaired) electrons. The zero-order valence-corrected chi connectivity index (χ0v) is 19.2. The van der Waals surface area contributed by atoms with E-state index < -0.39 is 0 Å². The SMILES string of the molecule is C=C1/C=C\C(n2c(-c3cc(C(C)C)c(O)cc3O)n[nH]c2=S)=C/CCC(OCCC)C1. The maximum Gasteiger partial charge on any atom is 0.200 e. The van der Waals surface area contributed by atoms with Gasteiger partial charge in [0.2, 0.25) is 0 Å². The van der Waals surface area contributed by atoms with Crippen molar-refractivity contribution in [2.24, 2.45) is 0 Å². The third-order valence-corrected chi connectivity index (χ3v) is 5.59. The number of hydrogen-bond acceptors (Lipinski definition) is 5. The van der Waals surface area contributed by atoms with Crippen molar-refractivity contribution in [2.75, 3.05) is 6.61 Å². The van der Waals surface area contributed by atoms with E-state index in [2.05, 4.69) is 29.8 Å². The lowest BCUT2D eigenvalue weighted by atomic mass is 9.98. The van der Waals surface area contributed by atoms with Crippen LogP contribution in [0.25, 0.3) is 17.1 Å². The van der Waals surface area contributed by atoms with Crippen molar-refractivity contribution in [2.45, 2.75) is 58.5 Å². The summed E-state index contributed by atoms with van der Waals surface area (Å²) in [6.07, 6.45) is 9.67. The fourth-order valence-corrected chi connectivity index (χ4v) is 3.93. The van der Waals surface area contributed by atoms with Crippen LogP contribution in [0.4, 0.5) is 0 Å². The van der Waals surface area contributed by atoms with Gasteiger partial charge < -0.3 is 14.9 Å². The first-order chi connectivity index (χ1) is 14.8. The number of phenolic OH excluding ortho intramolecular Hbond substituents is 2. The van der Waals surface area contributed by atoms with Crippen LogP contribution in [-0.4, -0.2) is 37.7 Å². The Hall–Kier alpha value is -2.64. The summed E-state index contributed by atoms with van der Waals surface area (Å²) in [5.74, 6) is 0.584. The van der Waals surface area contributed by atoms with Gasteiger partial charge >= 0.3 is 0 Å². The minimum absolute atomic E-state index is 0.0535. The first-order valence-corrected chi connectivity index (χ1v) is 11.1. The summed E-state index contributed by atoms with van der Waals surface area (Å²) in [7, 11) is 0. The minimum Gasteiger partial charge on any atom is -0.508 e. The van der Waals surface area contributed by atoms with Crippen LogP contribution in [-0.2, 0) is 4.74 Å². The lowest BCUT2D eigenvalue weighted by molar-refractivity contribution is 0.0495. The summed E-state index contributed by atoms with van der Waals surface area (Å²) in [5.41, 5.74) is 3.08. The van der Waals surface area contributed by atoms with Crippen LogP contribution in [0.3, 0.4) is 0 Å². The lowest BCUT2D eigenvalue weighted by Gasteiger charge is -2.16. The highest BCUT2D eigenvalue weighted by Crippen LogP contribution is 2.38. The number of aromatic amines is 1. The van der Waals surface area contributed by atoms with Crippen molar-refractivity contribution >= 4 is 17.9 Å². The average molecular weight is 442 g/mol. The quantitative estimate of drug-likeness (QED) is 0.474. The molecule has 1 unspecified atom stereocenters. The van der Waals surface area contributed by atoms with Gasteiger partial charge in [0.05, 0.1) is 11.7 Å². The van der Waals surface area contributed by atoms with Crippen LogP contribution < -0.4 is 0 Å². The molecule has 1 aromatic carbocycles. The van der Waals surface area contributed by atoms with Crippen LogP contribution in [0.5, 0.6) is 11.5 Å². The Morgan fingerprint density at radius 3 is 2.77 bits per heavy atom. The normalized spacial score (nSPS) is 20.1. The van der Waals surface area contributed by atoms with Gasteiger partial charge in [0.15, 0.2) is 10.6 Å². The van der Waals surface area contributed by atoms with Crippen molar-refractivity contribution in [1.82, 2.24) is 14.8 Å². The van der Waals surface area contributed by atoms with Gasteiger partial charge in [-0.25, -0.2) is 0 Å². The molecule has 1 heterocycles. The molecule has 1 aliphatic rings. The van der Waals surface area contributed by atoms with E-state index in [-0.39, 0.29) is 23.5 Å². The third-order valence-electron chi connectivity index (χ3n) is 5.32. The summed E-state index contributed by atoms with van der Waals surface area (Å²) < 4.78 is 8.20. The molecule has 0 amide bonds. The summed E-state index contributed by atoms with van der Waals surface area (Å²) >= 11 is 5.52. The van der Waals surface area contributed by atoms with E-state index in [9.17, 15) is 10.2 Å². The number of aromatic nitrogens is 3. The molecule has 31 heavy (non-hydrogen) atoms. The number of ether oxygens (including phenoxy) is 1. The molecule has 166 valence electrons. The highest BCUT2D eigenvalue weighted by atomic mass is 32.1. The van der Waals surface area contributed by atoms with Crippen LogP contribution >= 0.6 is 12.2 Å². The van der Waals surface area contributed by atoms with Gasteiger partial charge in [-0.3, -0.25) is 9.67 Å². The topological polar surface area (TPSA) is 83.3 Å². The molecular weight excluding hydrogens is 410 g/mol. The number of phenols is 2. The van der Waals surface area contributed by atoms with E-state index in [0.717, 1.165) is 49.1 Å². The molecule has 0 aliphatic heterocycles. The number of allylic oxidation sites excluding steroid dienone is 4. The Morgan fingerprint density at radius 2 is 2.06 bits per heavy atom. The van der Waals surface area contributed by atoms with Crippen LogP contribution in [0.1, 0.15) is 57.9 Å². The number of benzene rings is 1. The van der Waals surface area contributed by atoms with E-state index in [1.807, 2.05) is 30.6 Å². The van der Waals surface area contributed by atoms with Gasteiger partial charge in [0.25, 0.3) is 0 Å². The smallest absolute Gasteiger partial charge is 0.200 e.